The van der Waals surface area contributed by atoms with E-state index >= 15 is 0 Å². The third-order valence-electron chi connectivity index (χ3n) is 3.77. The Balaban J connectivity index is 1.65. The van der Waals surface area contributed by atoms with Crippen LogP contribution in [-0.2, 0) is 16.0 Å². The molecule has 0 fully saturated rings. The molecule has 24 heavy (non-hydrogen) atoms. The molecule has 0 unspecified atom stereocenters. The normalized spacial score (nSPS) is 12.5. The Morgan fingerprint density at radius 3 is 3.12 bits per heavy atom. The summed E-state index contributed by atoms with van der Waals surface area (Å²) in [7, 11) is 1.63. The summed E-state index contributed by atoms with van der Waals surface area (Å²) >= 11 is 0. The van der Waals surface area contributed by atoms with Gasteiger partial charge in [0.15, 0.2) is 0 Å². The van der Waals surface area contributed by atoms with Gasteiger partial charge in [0, 0.05) is 25.6 Å². The molecule has 1 aliphatic heterocycles. The van der Waals surface area contributed by atoms with Crippen LogP contribution < -0.4 is 15.4 Å². The maximum Gasteiger partial charge on any atom is 0.239 e. The van der Waals surface area contributed by atoms with Crippen molar-refractivity contribution < 1.29 is 14.3 Å². The molecule has 0 radical (unpaired) electrons. The van der Waals surface area contributed by atoms with Gasteiger partial charge in [0.2, 0.25) is 5.91 Å². The number of pyridine rings is 1. The lowest BCUT2D eigenvalue weighted by Crippen LogP contribution is -2.30. The van der Waals surface area contributed by atoms with Crippen LogP contribution in [0.3, 0.4) is 0 Å². The van der Waals surface area contributed by atoms with Crippen molar-refractivity contribution in [1.29, 1.82) is 0 Å². The summed E-state index contributed by atoms with van der Waals surface area (Å²) in [5.41, 5.74) is 3.05. The Morgan fingerprint density at radius 2 is 2.25 bits per heavy atom. The van der Waals surface area contributed by atoms with Crippen molar-refractivity contribution in [2.45, 2.75) is 6.42 Å². The fraction of sp³-hybridized carbons (Fsp3) is 0.333. The zero-order valence-corrected chi connectivity index (χ0v) is 13.7. The molecule has 0 spiro atoms. The summed E-state index contributed by atoms with van der Waals surface area (Å²) in [5.74, 6) is 1.37. The van der Waals surface area contributed by atoms with Crippen molar-refractivity contribution in [3.63, 3.8) is 0 Å². The van der Waals surface area contributed by atoms with Crippen molar-refractivity contribution >= 4 is 11.7 Å². The number of carbonyl (C=O) groups excluding carboxylic acids is 1. The number of carbonyl (C=O) groups is 1. The van der Waals surface area contributed by atoms with Gasteiger partial charge < -0.3 is 20.1 Å². The Bertz CT molecular complexity index is 718. The predicted octanol–water partition coefficient (Wildman–Crippen LogP) is 1.86. The molecular weight excluding hydrogens is 306 g/mol. The van der Waals surface area contributed by atoms with Gasteiger partial charge in [0.25, 0.3) is 0 Å². The zero-order chi connectivity index (χ0) is 16.8. The first-order valence-corrected chi connectivity index (χ1v) is 7.99. The molecule has 6 heteroatoms. The van der Waals surface area contributed by atoms with Crippen molar-refractivity contribution in [3.8, 4) is 17.0 Å². The number of nitrogens with zero attached hydrogens (tertiary/aromatic N) is 1. The van der Waals surface area contributed by atoms with Crippen LogP contribution >= 0.6 is 0 Å². The fourth-order valence-electron chi connectivity index (χ4n) is 2.57. The van der Waals surface area contributed by atoms with Crippen LogP contribution in [0.4, 0.5) is 5.82 Å². The van der Waals surface area contributed by atoms with E-state index in [4.69, 9.17) is 9.47 Å². The van der Waals surface area contributed by atoms with Crippen molar-refractivity contribution in [2.75, 3.05) is 38.7 Å². The van der Waals surface area contributed by atoms with Crippen LogP contribution in [0.1, 0.15) is 5.56 Å². The Hall–Kier alpha value is -2.44. The predicted molar refractivity (Wildman–Crippen MR) is 92.2 cm³/mol. The zero-order valence-electron chi connectivity index (χ0n) is 13.7. The van der Waals surface area contributed by atoms with E-state index in [0.717, 1.165) is 30.0 Å². The maximum atomic E-state index is 11.9. The Morgan fingerprint density at radius 1 is 1.33 bits per heavy atom. The van der Waals surface area contributed by atoms with Gasteiger partial charge in [0.1, 0.15) is 11.6 Å². The van der Waals surface area contributed by atoms with Gasteiger partial charge >= 0.3 is 0 Å². The minimum absolute atomic E-state index is 0.127. The van der Waals surface area contributed by atoms with Gasteiger partial charge in [-0.3, -0.25) is 4.79 Å². The molecule has 1 aliphatic rings. The highest BCUT2D eigenvalue weighted by molar-refractivity contribution is 5.91. The molecule has 0 saturated carbocycles. The second kappa shape index (κ2) is 7.90. The standard InChI is InChI=1S/C18H21N3O3/c1-23-10-8-19-12-18(22)21-17-4-2-3-15(20-17)13-5-6-16-14(11-13)7-9-24-16/h2-6,11,19H,7-10,12H2,1H3,(H,20,21,22). The van der Waals surface area contributed by atoms with Crippen LogP contribution in [0.15, 0.2) is 36.4 Å². The molecule has 0 aliphatic carbocycles. The third-order valence-corrected chi connectivity index (χ3v) is 3.77. The molecular formula is C18H21N3O3. The summed E-state index contributed by atoms with van der Waals surface area (Å²) in [4.78, 5) is 16.4. The first-order valence-electron chi connectivity index (χ1n) is 7.99. The number of ether oxygens (including phenoxy) is 2. The number of methoxy groups -OCH3 is 1. The largest absolute Gasteiger partial charge is 0.493 e. The number of rotatable bonds is 7. The first kappa shape index (κ1) is 16.4. The number of hydrogen-bond acceptors (Lipinski definition) is 5. The smallest absolute Gasteiger partial charge is 0.239 e. The summed E-state index contributed by atoms with van der Waals surface area (Å²) < 4.78 is 10.5. The molecule has 0 atom stereocenters. The number of amides is 1. The van der Waals surface area contributed by atoms with E-state index in [1.807, 2.05) is 24.3 Å². The number of fused-ring (bicyclic) bond motifs is 1. The first-order chi connectivity index (χ1) is 11.8. The molecule has 1 amide bonds. The van der Waals surface area contributed by atoms with Gasteiger partial charge in [-0.1, -0.05) is 6.07 Å². The van der Waals surface area contributed by atoms with E-state index in [1.165, 1.54) is 5.56 Å². The summed E-state index contributed by atoms with van der Waals surface area (Å²) in [6.45, 7) is 2.17. The van der Waals surface area contributed by atoms with Gasteiger partial charge in [-0.25, -0.2) is 4.98 Å². The number of nitrogens with one attached hydrogen (secondary N) is 2. The van der Waals surface area contributed by atoms with Gasteiger partial charge in [-0.05, 0) is 35.9 Å². The molecule has 2 N–H and O–H groups in total. The van der Waals surface area contributed by atoms with Gasteiger partial charge in [0.05, 0.1) is 25.5 Å². The van der Waals surface area contributed by atoms with Crippen molar-refractivity contribution in [3.05, 3.63) is 42.0 Å². The maximum absolute atomic E-state index is 11.9. The molecule has 2 aromatic rings. The minimum Gasteiger partial charge on any atom is -0.493 e. The Kier molecular flexibility index (Phi) is 5.40. The average molecular weight is 327 g/mol. The topological polar surface area (TPSA) is 72.5 Å². The Labute approximate surface area is 141 Å². The lowest BCUT2D eigenvalue weighted by molar-refractivity contribution is -0.115. The molecule has 1 aromatic heterocycles. The van der Waals surface area contributed by atoms with Crippen LogP contribution in [0.2, 0.25) is 0 Å². The minimum atomic E-state index is -0.127. The van der Waals surface area contributed by atoms with Crippen molar-refractivity contribution in [1.82, 2.24) is 10.3 Å². The SMILES string of the molecule is COCCNCC(=O)Nc1cccc(-c2ccc3c(c2)CCO3)n1. The quantitative estimate of drug-likeness (QED) is 0.760. The number of benzene rings is 1. The van der Waals surface area contributed by atoms with E-state index in [1.54, 1.807) is 13.2 Å². The fourth-order valence-corrected chi connectivity index (χ4v) is 2.57. The molecule has 126 valence electrons. The molecule has 6 nitrogen and oxygen atoms in total. The van der Waals surface area contributed by atoms with Crippen LogP contribution in [-0.4, -0.2) is 44.3 Å². The molecule has 0 bridgehead atoms. The monoisotopic (exact) mass is 327 g/mol. The van der Waals surface area contributed by atoms with Crippen LogP contribution in [0.25, 0.3) is 11.3 Å². The average Bonchev–Trinajstić information content (AvgIpc) is 3.06. The van der Waals surface area contributed by atoms with Crippen molar-refractivity contribution in [2.24, 2.45) is 0 Å². The molecule has 3 rings (SSSR count). The van der Waals surface area contributed by atoms with E-state index in [-0.39, 0.29) is 12.5 Å². The summed E-state index contributed by atoms with van der Waals surface area (Å²) in [6, 6.07) is 11.7. The highest BCUT2D eigenvalue weighted by atomic mass is 16.5. The van der Waals surface area contributed by atoms with Crippen LogP contribution in [0.5, 0.6) is 5.75 Å². The lowest BCUT2D eigenvalue weighted by Gasteiger charge is -2.08. The van der Waals surface area contributed by atoms with Gasteiger partial charge in [-0.15, -0.1) is 0 Å². The second-order valence-corrected chi connectivity index (χ2v) is 5.55. The highest BCUT2D eigenvalue weighted by Crippen LogP contribution is 2.30. The van der Waals surface area contributed by atoms with E-state index in [2.05, 4.69) is 21.7 Å². The molecule has 0 saturated heterocycles. The second-order valence-electron chi connectivity index (χ2n) is 5.55. The number of aromatic nitrogens is 1. The van der Waals surface area contributed by atoms with E-state index in [9.17, 15) is 4.79 Å². The van der Waals surface area contributed by atoms with Gasteiger partial charge in [-0.2, -0.15) is 0 Å². The van der Waals surface area contributed by atoms with Crippen LogP contribution in [0, 0.1) is 0 Å². The van der Waals surface area contributed by atoms with E-state index < -0.39 is 0 Å². The summed E-state index contributed by atoms with van der Waals surface area (Å²) in [5, 5.41) is 5.81. The lowest BCUT2D eigenvalue weighted by atomic mass is 10.1. The summed E-state index contributed by atoms with van der Waals surface area (Å²) in [6.07, 6.45) is 0.923. The number of anilines is 1. The third kappa shape index (κ3) is 4.10. The van der Waals surface area contributed by atoms with E-state index in [0.29, 0.717) is 19.0 Å². The highest BCUT2D eigenvalue weighted by Gasteiger charge is 2.13. The number of hydrogen-bond donors (Lipinski definition) is 2. The molecule has 2 heterocycles. The molecule has 1 aromatic carbocycles.